The highest BCUT2D eigenvalue weighted by Crippen LogP contribution is 1.96. The van der Waals surface area contributed by atoms with Crippen LogP contribution >= 0.6 is 0 Å². The van der Waals surface area contributed by atoms with Gasteiger partial charge in [-0.25, -0.2) is 0 Å². The minimum atomic E-state index is 0.333. The summed E-state index contributed by atoms with van der Waals surface area (Å²) in [5.74, 6) is 0. The molecule has 0 rings (SSSR count). The Morgan fingerprint density at radius 3 is 2.08 bits per heavy atom. The molecule has 0 aliphatic carbocycles. The van der Waals surface area contributed by atoms with Crippen molar-refractivity contribution in [1.29, 1.82) is 0 Å². The second-order valence-corrected chi connectivity index (χ2v) is 3.97. The molecule has 0 bridgehead atoms. The largest absolute Gasteiger partial charge is 0.327 e. The molecule has 1 atom stereocenters. The third-order valence-electron chi connectivity index (χ3n) is 1.78. The summed E-state index contributed by atoms with van der Waals surface area (Å²) in [6.07, 6.45) is 2.32. The van der Waals surface area contributed by atoms with Crippen molar-refractivity contribution >= 4 is 0 Å². The van der Waals surface area contributed by atoms with Crippen LogP contribution < -0.4 is 5.73 Å². The maximum absolute atomic E-state index is 5.90. The van der Waals surface area contributed by atoms with E-state index >= 15 is 0 Å². The zero-order valence-corrected chi connectivity index (χ0v) is 8.88. The van der Waals surface area contributed by atoms with Crippen molar-refractivity contribution in [2.75, 3.05) is 41.3 Å². The number of hydrogen-bond donors (Lipinski definition) is 1. The van der Waals surface area contributed by atoms with E-state index < -0.39 is 0 Å². The van der Waals surface area contributed by atoms with Crippen LogP contribution in [0.25, 0.3) is 0 Å². The van der Waals surface area contributed by atoms with Crippen molar-refractivity contribution in [1.82, 2.24) is 9.80 Å². The third-order valence-corrected chi connectivity index (χ3v) is 1.78. The van der Waals surface area contributed by atoms with Gasteiger partial charge in [0.15, 0.2) is 0 Å². The summed E-state index contributed by atoms with van der Waals surface area (Å²) < 4.78 is 0. The second kappa shape index (κ2) is 6.40. The first-order valence-corrected chi connectivity index (χ1v) is 4.57. The molecule has 0 heterocycles. The zero-order chi connectivity index (χ0) is 9.56. The van der Waals surface area contributed by atoms with Crippen molar-refractivity contribution in [2.24, 2.45) is 5.73 Å². The summed E-state index contributed by atoms with van der Waals surface area (Å²) in [4.78, 5) is 4.34. The molecule has 0 radical (unpaired) electrons. The molecule has 0 aromatic heterocycles. The van der Waals surface area contributed by atoms with Crippen molar-refractivity contribution in [3.8, 4) is 0 Å². The molecule has 0 amide bonds. The van der Waals surface area contributed by atoms with E-state index in [4.69, 9.17) is 5.73 Å². The molecule has 1 unspecified atom stereocenters. The van der Waals surface area contributed by atoms with Crippen LogP contribution in [0.5, 0.6) is 0 Å². The summed E-state index contributed by atoms with van der Waals surface area (Å²) in [6.45, 7) is 2.13. The Hall–Kier alpha value is -0.120. The lowest BCUT2D eigenvalue weighted by molar-refractivity contribution is 0.338. The van der Waals surface area contributed by atoms with Gasteiger partial charge in [0, 0.05) is 12.6 Å². The van der Waals surface area contributed by atoms with E-state index in [-0.39, 0.29) is 0 Å². The molecule has 0 aromatic carbocycles. The SMILES string of the molecule is CN(C)CCCC(N)CN(C)C. The van der Waals surface area contributed by atoms with E-state index in [2.05, 4.69) is 38.0 Å². The minimum absolute atomic E-state index is 0.333. The Bertz CT molecular complexity index is 102. The van der Waals surface area contributed by atoms with Crippen LogP contribution in [0.1, 0.15) is 12.8 Å². The first kappa shape index (κ1) is 11.9. The van der Waals surface area contributed by atoms with Crippen molar-refractivity contribution in [2.45, 2.75) is 18.9 Å². The highest BCUT2D eigenvalue weighted by molar-refractivity contribution is 4.64. The van der Waals surface area contributed by atoms with Crippen LogP contribution in [-0.4, -0.2) is 57.1 Å². The molecule has 3 nitrogen and oxygen atoms in total. The van der Waals surface area contributed by atoms with Gasteiger partial charge < -0.3 is 15.5 Å². The van der Waals surface area contributed by atoms with Crippen molar-refractivity contribution in [3.63, 3.8) is 0 Å². The fourth-order valence-electron chi connectivity index (χ4n) is 1.23. The molecule has 0 fully saturated rings. The van der Waals surface area contributed by atoms with E-state index in [1.54, 1.807) is 0 Å². The second-order valence-electron chi connectivity index (χ2n) is 3.97. The molecule has 74 valence electrons. The molecule has 0 saturated heterocycles. The Morgan fingerprint density at radius 2 is 1.67 bits per heavy atom. The highest BCUT2D eigenvalue weighted by atomic mass is 15.1. The lowest BCUT2D eigenvalue weighted by atomic mass is 10.1. The summed E-state index contributed by atoms with van der Waals surface area (Å²) in [6, 6.07) is 0.333. The number of rotatable bonds is 6. The molecule has 0 aliphatic heterocycles. The van der Waals surface area contributed by atoms with Crippen molar-refractivity contribution < 1.29 is 0 Å². The van der Waals surface area contributed by atoms with Gasteiger partial charge in [0.25, 0.3) is 0 Å². The lowest BCUT2D eigenvalue weighted by Crippen LogP contribution is -2.33. The van der Waals surface area contributed by atoms with Crippen molar-refractivity contribution in [3.05, 3.63) is 0 Å². The standard InChI is InChI=1S/C9H23N3/c1-11(2)7-5-6-9(10)8-12(3)4/h9H,5-8,10H2,1-4H3. The molecule has 2 N–H and O–H groups in total. The fourth-order valence-corrected chi connectivity index (χ4v) is 1.23. The Morgan fingerprint density at radius 1 is 1.08 bits per heavy atom. The molecule has 12 heavy (non-hydrogen) atoms. The number of nitrogens with zero attached hydrogens (tertiary/aromatic N) is 2. The summed E-state index contributed by atoms with van der Waals surface area (Å²) in [7, 11) is 8.31. The predicted octanol–water partition coefficient (Wildman–Crippen LogP) is 0.217. The molecular weight excluding hydrogens is 150 g/mol. The number of hydrogen-bond acceptors (Lipinski definition) is 3. The Balaban J connectivity index is 3.25. The number of nitrogens with two attached hydrogens (primary N) is 1. The molecule has 0 saturated carbocycles. The van der Waals surface area contributed by atoms with Crippen LogP contribution in [-0.2, 0) is 0 Å². The van der Waals surface area contributed by atoms with Crippen LogP contribution in [0, 0.1) is 0 Å². The van der Waals surface area contributed by atoms with Gasteiger partial charge in [-0.2, -0.15) is 0 Å². The zero-order valence-electron chi connectivity index (χ0n) is 8.88. The van der Waals surface area contributed by atoms with Gasteiger partial charge in [-0.1, -0.05) is 0 Å². The minimum Gasteiger partial charge on any atom is -0.327 e. The van der Waals surface area contributed by atoms with E-state index in [1.807, 2.05) is 0 Å². The maximum Gasteiger partial charge on any atom is 0.0168 e. The Labute approximate surface area is 76.5 Å². The van der Waals surface area contributed by atoms with E-state index in [9.17, 15) is 0 Å². The van der Waals surface area contributed by atoms with E-state index in [0.717, 1.165) is 19.5 Å². The molecule has 0 spiro atoms. The average molecular weight is 173 g/mol. The smallest absolute Gasteiger partial charge is 0.0168 e. The van der Waals surface area contributed by atoms with Crippen LogP contribution in [0.2, 0.25) is 0 Å². The average Bonchev–Trinajstić information content (AvgIpc) is 1.84. The van der Waals surface area contributed by atoms with Gasteiger partial charge in [0.05, 0.1) is 0 Å². The van der Waals surface area contributed by atoms with Gasteiger partial charge in [-0.15, -0.1) is 0 Å². The predicted molar refractivity (Wildman–Crippen MR) is 54.3 cm³/mol. The lowest BCUT2D eigenvalue weighted by Gasteiger charge is -2.17. The first-order valence-electron chi connectivity index (χ1n) is 4.57. The van der Waals surface area contributed by atoms with Gasteiger partial charge >= 0.3 is 0 Å². The van der Waals surface area contributed by atoms with Gasteiger partial charge in [0.1, 0.15) is 0 Å². The third kappa shape index (κ3) is 7.98. The molecule has 0 aliphatic rings. The normalized spacial score (nSPS) is 14.2. The molecule has 3 heteroatoms. The first-order chi connectivity index (χ1) is 5.52. The molecule has 0 aromatic rings. The topological polar surface area (TPSA) is 32.5 Å². The maximum atomic E-state index is 5.90. The van der Waals surface area contributed by atoms with Gasteiger partial charge in [-0.3, -0.25) is 0 Å². The van der Waals surface area contributed by atoms with E-state index in [0.29, 0.717) is 6.04 Å². The summed E-state index contributed by atoms with van der Waals surface area (Å²) in [5, 5.41) is 0. The fraction of sp³-hybridized carbons (Fsp3) is 1.00. The summed E-state index contributed by atoms with van der Waals surface area (Å²) >= 11 is 0. The van der Waals surface area contributed by atoms with Gasteiger partial charge in [-0.05, 0) is 47.6 Å². The molecular formula is C9H23N3. The monoisotopic (exact) mass is 173 g/mol. The van der Waals surface area contributed by atoms with Crippen LogP contribution in [0.3, 0.4) is 0 Å². The quantitative estimate of drug-likeness (QED) is 0.623. The van der Waals surface area contributed by atoms with Crippen LogP contribution in [0.15, 0.2) is 0 Å². The number of likely N-dealkylation sites (N-methyl/N-ethyl adjacent to an activating group) is 1. The van der Waals surface area contributed by atoms with Crippen LogP contribution in [0.4, 0.5) is 0 Å². The van der Waals surface area contributed by atoms with E-state index in [1.165, 1.54) is 6.42 Å². The highest BCUT2D eigenvalue weighted by Gasteiger charge is 2.03. The Kier molecular flexibility index (Phi) is 6.34. The summed E-state index contributed by atoms with van der Waals surface area (Å²) in [5.41, 5.74) is 5.90. The van der Waals surface area contributed by atoms with Gasteiger partial charge in [0.2, 0.25) is 0 Å².